The number of aryl methyl sites for hydroxylation is 1. The fourth-order valence-corrected chi connectivity index (χ4v) is 6.94. The monoisotopic (exact) mass is 664 g/mol. The molecule has 1 aromatic heterocycles. The van der Waals surface area contributed by atoms with Crippen LogP contribution >= 0.6 is 0 Å². The zero-order valence-electron chi connectivity index (χ0n) is 30.8. The normalized spacial score (nSPS) is 12.2. The third-order valence-electron chi connectivity index (χ3n) is 9.55. The quantitative estimate of drug-likeness (QED) is 0.139. The van der Waals surface area contributed by atoms with Crippen molar-refractivity contribution in [2.45, 2.75) is 48.0 Å². The van der Waals surface area contributed by atoms with Crippen LogP contribution in [0.25, 0.3) is 44.6 Å². The van der Waals surface area contributed by atoms with Gasteiger partial charge >= 0.3 is 0 Å². The fraction of sp³-hybridized carbons (Fsp3) is 0.143. The number of aromatic nitrogens is 1. The summed E-state index contributed by atoms with van der Waals surface area (Å²) in [4.78, 5) is 2.39. The number of fused-ring (bicyclic) bond motifs is 2. The lowest BCUT2D eigenvalue weighted by Gasteiger charge is -2.27. The summed E-state index contributed by atoms with van der Waals surface area (Å²) in [6.07, 6.45) is 7.88. The van der Waals surface area contributed by atoms with E-state index in [4.69, 9.17) is 0 Å². The van der Waals surface area contributed by atoms with Crippen molar-refractivity contribution in [2.24, 2.45) is 0 Å². The molecule has 0 spiro atoms. The van der Waals surface area contributed by atoms with E-state index >= 15 is 0 Å². The average molecular weight is 665 g/mol. The van der Waals surface area contributed by atoms with E-state index in [-0.39, 0.29) is 0 Å². The second kappa shape index (κ2) is 16.2. The average Bonchev–Trinajstić information content (AvgIpc) is 3.47. The number of allylic oxidation sites excluding steroid dienone is 5. The van der Waals surface area contributed by atoms with Gasteiger partial charge in [-0.3, -0.25) is 0 Å². The van der Waals surface area contributed by atoms with Crippen LogP contribution in [0.2, 0.25) is 0 Å². The van der Waals surface area contributed by atoms with Crippen LogP contribution in [0.3, 0.4) is 0 Å². The van der Waals surface area contributed by atoms with Gasteiger partial charge in [-0.1, -0.05) is 142 Å². The summed E-state index contributed by atoms with van der Waals surface area (Å²) in [5.41, 5.74) is 13.4. The molecule has 51 heavy (non-hydrogen) atoms. The van der Waals surface area contributed by atoms with Crippen molar-refractivity contribution >= 4 is 39.1 Å². The van der Waals surface area contributed by atoms with E-state index in [1.54, 1.807) is 0 Å². The highest BCUT2D eigenvalue weighted by Gasteiger charge is 2.16. The molecular weight excluding hydrogens is 617 g/mol. The molecule has 7 aromatic rings. The first-order valence-electron chi connectivity index (χ1n) is 18.2. The number of hydrogen-bond acceptors (Lipinski definition) is 1. The van der Waals surface area contributed by atoms with E-state index in [0.717, 1.165) is 17.8 Å². The predicted molar refractivity (Wildman–Crippen MR) is 223 cm³/mol. The first kappa shape index (κ1) is 35.0. The van der Waals surface area contributed by atoms with E-state index in [9.17, 15) is 0 Å². The van der Waals surface area contributed by atoms with E-state index < -0.39 is 0 Å². The van der Waals surface area contributed by atoms with E-state index in [2.05, 4.69) is 207 Å². The van der Waals surface area contributed by atoms with Gasteiger partial charge in [0.2, 0.25) is 0 Å². The largest absolute Gasteiger partial charge is 0.314 e. The Bertz CT molecular complexity index is 2310. The molecule has 0 saturated heterocycles. The summed E-state index contributed by atoms with van der Waals surface area (Å²) in [7, 11) is 0. The summed E-state index contributed by atoms with van der Waals surface area (Å²) >= 11 is 0. The van der Waals surface area contributed by atoms with Crippen LogP contribution in [0.15, 0.2) is 181 Å². The maximum absolute atomic E-state index is 2.39. The van der Waals surface area contributed by atoms with Crippen LogP contribution in [0.1, 0.15) is 52.3 Å². The highest BCUT2D eigenvalue weighted by atomic mass is 15.1. The molecule has 1 heterocycles. The molecule has 0 aliphatic rings. The molecule has 2 nitrogen and oxygen atoms in total. The van der Waals surface area contributed by atoms with Crippen molar-refractivity contribution < 1.29 is 0 Å². The van der Waals surface area contributed by atoms with Crippen molar-refractivity contribution in [1.29, 1.82) is 0 Å². The first-order chi connectivity index (χ1) is 25.0. The van der Waals surface area contributed by atoms with Gasteiger partial charge in [-0.05, 0) is 109 Å². The number of benzene rings is 6. The minimum atomic E-state index is 0.927. The van der Waals surface area contributed by atoms with Crippen LogP contribution in [-0.2, 0) is 0 Å². The molecule has 6 aromatic carbocycles. The highest BCUT2D eigenvalue weighted by Crippen LogP contribution is 2.37. The number of rotatable bonds is 9. The Balaban J connectivity index is 0.00000220. The molecule has 0 unspecified atom stereocenters. The minimum Gasteiger partial charge on any atom is -0.314 e. The highest BCUT2D eigenvalue weighted by molar-refractivity contribution is 5.97. The fourth-order valence-electron chi connectivity index (χ4n) is 6.94. The summed E-state index contributed by atoms with van der Waals surface area (Å²) < 4.78 is 2.39. The molecule has 7 rings (SSSR count). The molecule has 0 saturated carbocycles. The molecule has 0 atom stereocenters. The minimum absolute atomic E-state index is 0.927. The number of hydrogen-bond donors (Lipinski definition) is 0. The SMILES string of the molecule is CC.CCC(=C\C=C(/C)N(c1ccc(-c2ccccc2)cc1)c1cccc2ccccc12)/C(C)=C/c1c(C)c2ccccc2n1-c1ccccc1. The van der Waals surface area contributed by atoms with Crippen molar-refractivity contribution in [2.75, 3.05) is 4.90 Å². The van der Waals surface area contributed by atoms with Crippen molar-refractivity contribution in [3.63, 3.8) is 0 Å². The van der Waals surface area contributed by atoms with Crippen molar-refractivity contribution in [3.05, 3.63) is 192 Å². The maximum Gasteiger partial charge on any atom is 0.0537 e. The van der Waals surface area contributed by atoms with E-state index in [0.29, 0.717) is 0 Å². The van der Waals surface area contributed by atoms with Crippen LogP contribution in [0.4, 0.5) is 11.4 Å². The summed E-state index contributed by atoms with van der Waals surface area (Å²) in [5.74, 6) is 0. The van der Waals surface area contributed by atoms with Gasteiger partial charge < -0.3 is 9.47 Å². The molecule has 0 radical (unpaired) electrons. The summed E-state index contributed by atoms with van der Waals surface area (Å²) in [5, 5.41) is 3.74. The van der Waals surface area contributed by atoms with Crippen LogP contribution in [0, 0.1) is 6.92 Å². The smallest absolute Gasteiger partial charge is 0.0537 e. The molecule has 0 fully saturated rings. The lowest BCUT2D eigenvalue weighted by atomic mass is 10.0. The van der Waals surface area contributed by atoms with Gasteiger partial charge in [0, 0.05) is 27.8 Å². The standard InChI is InChI=1S/C47H42N2.C2H6/c1-5-37(34(2)33-47-36(4)43-23-14-15-25-45(43)49(47)41-21-10-7-11-22-41)28-27-35(3)48(46-26-16-20-40-19-12-13-24-44(40)46)42-31-29-39(30-32-42)38-17-8-6-9-18-38;1-2/h6-33H,5H2,1-4H3;1-2H3/b34-33+,35-27+,37-28+;. The van der Waals surface area contributed by atoms with Crippen LogP contribution < -0.4 is 4.90 Å². The van der Waals surface area contributed by atoms with Gasteiger partial charge in [0.25, 0.3) is 0 Å². The Kier molecular flexibility index (Phi) is 11.1. The topological polar surface area (TPSA) is 8.17 Å². The van der Waals surface area contributed by atoms with Gasteiger partial charge in [0.1, 0.15) is 0 Å². The van der Waals surface area contributed by atoms with Crippen molar-refractivity contribution in [3.8, 4) is 16.8 Å². The number of para-hydroxylation sites is 2. The molecule has 254 valence electrons. The number of anilines is 2. The zero-order chi connectivity index (χ0) is 35.7. The molecule has 0 amide bonds. The Morgan fingerprint density at radius 1 is 0.608 bits per heavy atom. The van der Waals surface area contributed by atoms with Crippen LogP contribution in [0.5, 0.6) is 0 Å². The molecule has 2 heteroatoms. The summed E-state index contributed by atoms with van der Waals surface area (Å²) in [6, 6.07) is 54.1. The first-order valence-corrected chi connectivity index (χ1v) is 18.2. The van der Waals surface area contributed by atoms with Crippen LogP contribution in [-0.4, -0.2) is 4.57 Å². The molecule has 0 bridgehead atoms. The second-order valence-corrected chi connectivity index (χ2v) is 12.6. The lowest BCUT2D eigenvalue weighted by molar-refractivity contribution is 1.08. The van der Waals surface area contributed by atoms with E-state index in [1.807, 2.05) is 13.8 Å². The molecule has 0 N–H and O–H groups in total. The van der Waals surface area contributed by atoms with Gasteiger partial charge in [0.15, 0.2) is 0 Å². The molecular formula is C49H48N2. The Hall–Kier alpha value is -5.86. The third kappa shape index (κ3) is 7.37. The van der Waals surface area contributed by atoms with Gasteiger partial charge in [-0.15, -0.1) is 0 Å². The molecule has 0 aliphatic heterocycles. The zero-order valence-corrected chi connectivity index (χ0v) is 30.8. The lowest BCUT2D eigenvalue weighted by Crippen LogP contribution is -2.14. The summed E-state index contributed by atoms with van der Waals surface area (Å²) in [6.45, 7) is 12.9. The second-order valence-electron chi connectivity index (χ2n) is 12.6. The maximum atomic E-state index is 2.39. The predicted octanol–water partition coefficient (Wildman–Crippen LogP) is 14.3. The third-order valence-corrected chi connectivity index (χ3v) is 9.55. The Labute approximate surface area is 304 Å². The molecule has 0 aliphatic carbocycles. The van der Waals surface area contributed by atoms with E-state index in [1.165, 1.54) is 66.6 Å². The van der Waals surface area contributed by atoms with Gasteiger partial charge in [-0.2, -0.15) is 0 Å². The number of nitrogens with zero attached hydrogens (tertiary/aromatic N) is 2. The Morgan fingerprint density at radius 2 is 1.20 bits per heavy atom. The van der Waals surface area contributed by atoms with Gasteiger partial charge in [-0.25, -0.2) is 0 Å². The van der Waals surface area contributed by atoms with Gasteiger partial charge in [0.05, 0.1) is 16.9 Å². The Morgan fingerprint density at radius 3 is 1.90 bits per heavy atom. The van der Waals surface area contributed by atoms with Crippen molar-refractivity contribution in [1.82, 2.24) is 4.57 Å².